The minimum atomic E-state index is -0.122. The summed E-state index contributed by atoms with van der Waals surface area (Å²) in [5.41, 5.74) is 8.42. The molecule has 1 aromatic carbocycles. The molecule has 0 radical (unpaired) electrons. The maximum Gasteiger partial charge on any atom is 0.0960 e. The maximum absolute atomic E-state index is 6.39. The molecule has 1 fully saturated rings. The van der Waals surface area contributed by atoms with Crippen LogP contribution in [0.3, 0.4) is 0 Å². The Morgan fingerprint density at radius 2 is 2.00 bits per heavy atom. The van der Waals surface area contributed by atoms with E-state index < -0.39 is 0 Å². The molecule has 0 amide bonds. The monoisotopic (exact) mass is 273 g/mol. The molecular weight excluding hydrogens is 250 g/mol. The molecule has 20 heavy (non-hydrogen) atoms. The summed E-state index contributed by atoms with van der Waals surface area (Å²) in [5, 5.41) is 5.72. The average Bonchev–Trinajstić information content (AvgIpc) is 2.77. The zero-order valence-electron chi connectivity index (χ0n) is 12.1. The van der Waals surface area contributed by atoms with Gasteiger partial charge in [0.25, 0.3) is 0 Å². The molecule has 0 spiro atoms. The van der Waals surface area contributed by atoms with Crippen molar-refractivity contribution in [1.82, 2.24) is 9.78 Å². The van der Waals surface area contributed by atoms with Crippen LogP contribution in [0.5, 0.6) is 0 Å². The second kappa shape index (κ2) is 5.54. The van der Waals surface area contributed by atoms with Crippen LogP contribution in [0.1, 0.15) is 37.8 Å². The van der Waals surface area contributed by atoms with Crippen LogP contribution in [-0.2, 0) is 18.4 Å². The lowest BCUT2D eigenvalue weighted by Crippen LogP contribution is -2.46. The van der Waals surface area contributed by atoms with Gasteiger partial charge in [0.05, 0.1) is 24.4 Å². The summed E-state index contributed by atoms with van der Waals surface area (Å²) >= 11 is 0. The predicted octanol–water partition coefficient (Wildman–Crippen LogP) is 2.75. The van der Waals surface area contributed by atoms with Crippen LogP contribution in [0, 0.1) is 0 Å². The number of aromatic nitrogens is 2. The Morgan fingerprint density at radius 1 is 1.25 bits per heavy atom. The highest BCUT2D eigenvalue weighted by molar-refractivity contribution is 5.81. The molecule has 2 aromatic rings. The van der Waals surface area contributed by atoms with Gasteiger partial charge in [-0.05, 0) is 18.9 Å². The van der Waals surface area contributed by atoms with Crippen LogP contribution >= 0.6 is 0 Å². The van der Waals surface area contributed by atoms with Crippen molar-refractivity contribution in [2.24, 2.45) is 12.8 Å². The molecule has 0 unspecified atom stereocenters. The van der Waals surface area contributed by atoms with Crippen LogP contribution in [-0.4, -0.2) is 21.9 Å². The molecule has 4 heteroatoms. The van der Waals surface area contributed by atoms with Gasteiger partial charge < -0.3 is 10.5 Å². The zero-order valence-corrected chi connectivity index (χ0v) is 12.1. The summed E-state index contributed by atoms with van der Waals surface area (Å²) in [6, 6.07) is 8.25. The van der Waals surface area contributed by atoms with Gasteiger partial charge >= 0.3 is 0 Å². The van der Waals surface area contributed by atoms with Crippen LogP contribution in [0.2, 0.25) is 0 Å². The molecule has 3 rings (SSSR count). The molecule has 1 aliphatic rings. The van der Waals surface area contributed by atoms with Gasteiger partial charge in [-0.15, -0.1) is 0 Å². The van der Waals surface area contributed by atoms with Crippen LogP contribution < -0.4 is 5.73 Å². The Kier molecular flexibility index (Phi) is 3.76. The number of ether oxygens (including phenoxy) is 1. The van der Waals surface area contributed by atoms with E-state index >= 15 is 0 Å². The van der Waals surface area contributed by atoms with E-state index in [0.29, 0.717) is 13.2 Å². The number of hydrogen-bond acceptors (Lipinski definition) is 3. The fourth-order valence-electron chi connectivity index (χ4n) is 3.15. The Balaban J connectivity index is 1.65. The number of nitrogens with zero attached hydrogens (tertiary/aromatic N) is 2. The van der Waals surface area contributed by atoms with E-state index in [4.69, 9.17) is 10.5 Å². The van der Waals surface area contributed by atoms with Gasteiger partial charge in [0.1, 0.15) is 0 Å². The van der Waals surface area contributed by atoms with Crippen molar-refractivity contribution in [3.63, 3.8) is 0 Å². The average molecular weight is 273 g/mol. The molecule has 0 aliphatic heterocycles. The van der Waals surface area contributed by atoms with Crippen molar-refractivity contribution >= 4 is 10.9 Å². The van der Waals surface area contributed by atoms with Crippen molar-refractivity contribution in [3.8, 4) is 0 Å². The molecule has 0 saturated heterocycles. The van der Waals surface area contributed by atoms with Gasteiger partial charge in [-0.3, -0.25) is 4.68 Å². The third-order valence-corrected chi connectivity index (χ3v) is 4.31. The molecule has 108 valence electrons. The second-order valence-electron chi connectivity index (χ2n) is 6.00. The number of fused-ring (bicyclic) bond motifs is 1. The van der Waals surface area contributed by atoms with Crippen molar-refractivity contribution in [2.75, 3.05) is 6.61 Å². The van der Waals surface area contributed by atoms with Crippen LogP contribution in [0.15, 0.2) is 24.3 Å². The minimum Gasteiger partial charge on any atom is -0.373 e. The first-order valence-electron chi connectivity index (χ1n) is 7.45. The Bertz CT molecular complexity index is 584. The van der Waals surface area contributed by atoms with Gasteiger partial charge in [-0.2, -0.15) is 5.10 Å². The number of para-hydroxylation sites is 1. The zero-order chi connectivity index (χ0) is 14.0. The van der Waals surface area contributed by atoms with Crippen LogP contribution in [0.4, 0.5) is 0 Å². The molecule has 0 atom stereocenters. The lowest BCUT2D eigenvalue weighted by atomic mass is 9.83. The topological polar surface area (TPSA) is 53.1 Å². The van der Waals surface area contributed by atoms with E-state index in [1.54, 1.807) is 0 Å². The summed E-state index contributed by atoms with van der Waals surface area (Å²) in [6.45, 7) is 1.18. The highest BCUT2D eigenvalue weighted by Gasteiger charge is 2.27. The third kappa shape index (κ3) is 2.72. The number of nitrogens with two attached hydrogens (primary N) is 1. The highest BCUT2D eigenvalue weighted by atomic mass is 16.5. The standard InChI is InChI=1S/C16H23N3O/c1-19-15-8-4-3-7-13(15)14(18-19)11-20-12-16(17)9-5-2-6-10-16/h3-4,7-8H,2,5-6,9-12,17H2,1H3. The Labute approximate surface area is 119 Å². The molecule has 1 aromatic heterocycles. The van der Waals surface area contributed by atoms with Gasteiger partial charge in [0, 0.05) is 18.0 Å². The van der Waals surface area contributed by atoms with Gasteiger partial charge in [-0.1, -0.05) is 37.5 Å². The second-order valence-corrected chi connectivity index (χ2v) is 6.00. The van der Waals surface area contributed by atoms with Crippen molar-refractivity contribution in [3.05, 3.63) is 30.0 Å². The molecule has 1 aliphatic carbocycles. The first-order chi connectivity index (χ1) is 9.68. The summed E-state index contributed by atoms with van der Waals surface area (Å²) in [4.78, 5) is 0. The smallest absolute Gasteiger partial charge is 0.0960 e. The van der Waals surface area contributed by atoms with E-state index in [1.807, 2.05) is 23.9 Å². The molecule has 2 N–H and O–H groups in total. The first-order valence-corrected chi connectivity index (χ1v) is 7.45. The molecular formula is C16H23N3O. The van der Waals surface area contributed by atoms with E-state index in [2.05, 4.69) is 17.2 Å². The van der Waals surface area contributed by atoms with Crippen molar-refractivity contribution < 1.29 is 4.74 Å². The molecule has 0 bridgehead atoms. The third-order valence-electron chi connectivity index (χ3n) is 4.31. The van der Waals surface area contributed by atoms with Crippen LogP contribution in [0.25, 0.3) is 10.9 Å². The summed E-state index contributed by atoms with van der Waals surface area (Å²) in [7, 11) is 1.97. The number of aryl methyl sites for hydroxylation is 1. The van der Waals surface area contributed by atoms with E-state index in [-0.39, 0.29) is 5.54 Å². The summed E-state index contributed by atoms with van der Waals surface area (Å²) < 4.78 is 7.79. The van der Waals surface area contributed by atoms with Gasteiger partial charge in [0.2, 0.25) is 0 Å². The lowest BCUT2D eigenvalue weighted by molar-refractivity contribution is 0.0561. The molecule has 4 nitrogen and oxygen atoms in total. The fraction of sp³-hybridized carbons (Fsp3) is 0.562. The van der Waals surface area contributed by atoms with E-state index in [1.165, 1.54) is 24.6 Å². The van der Waals surface area contributed by atoms with E-state index in [9.17, 15) is 0 Å². The highest BCUT2D eigenvalue weighted by Crippen LogP contribution is 2.26. The van der Waals surface area contributed by atoms with E-state index in [0.717, 1.165) is 24.1 Å². The quantitative estimate of drug-likeness (QED) is 0.932. The maximum atomic E-state index is 6.39. The van der Waals surface area contributed by atoms with Gasteiger partial charge in [-0.25, -0.2) is 0 Å². The molecule has 1 saturated carbocycles. The number of hydrogen-bond donors (Lipinski definition) is 1. The number of rotatable bonds is 4. The lowest BCUT2D eigenvalue weighted by Gasteiger charge is -2.32. The normalized spacial score (nSPS) is 18.5. The Morgan fingerprint density at radius 3 is 2.80 bits per heavy atom. The fourth-order valence-corrected chi connectivity index (χ4v) is 3.15. The van der Waals surface area contributed by atoms with Crippen molar-refractivity contribution in [2.45, 2.75) is 44.2 Å². The largest absolute Gasteiger partial charge is 0.373 e. The SMILES string of the molecule is Cn1nc(COCC2(N)CCCCC2)c2ccccc21. The molecule has 1 heterocycles. The summed E-state index contributed by atoms with van der Waals surface area (Å²) in [6.07, 6.45) is 5.93. The van der Waals surface area contributed by atoms with Crippen molar-refractivity contribution in [1.29, 1.82) is 0 Å². The predicted molar refractivity (Wildman–Crippen MR) is 80.4 cm³/mol. The minimum absolute atomic E-state index is 0.122. The number of benzene rings is 1. The summed E-state index contributed by atoms with van der Waals surface area (Å²) in [5.74, 6) is 0. The first kappa shape index (κ1) is 13.6. The Hall–Kier alpha value is -1.39. The van der Waals surface area contributed by atoms with Gasteiger partial charge in [0.15, 0.2) is 0 Å².